The number of aromatic amines is 1. The first kappa shape index (κ1) is 9.26. The van der Waals surface area contributed by atoms with Crippen molar-refractivity contribution < 1.29 is 0 Å². The summed E-state index contributed by atoms with van der Waals surface area (Å²) in [4.78, 5) is 0. The minimum Gasteiger partial charge on any atom is -0.330 e. The zero-order valence-electron chi connectivity index (χ0n) is 7.85. The second-order valence-electron chi connectivity index (χ2n) is 3.16. The third-order valence-corrected chi connectivity index (χ3v) is 2.16. The van der Waals surface area contributed by atoms with Gasteiger partial charge in [0.25, 0.3) is 0 Å². The number of nitrogens with zero attached hydrogens (tertiary/aromatic N) is 1. The summed E-state index contributed by atoms with van der Waals surface area (Å²) in [5, 5.41) is 7.12. The molecule has 0 amide bonds. The first-order valence-corrected chi connectivity index (χ1v) is 4.46. The van der Waals surface area contributed by atoms with Crippen LogP contribution < -0.4 is 5.73 Å². The molecule has 0 saturated heterocycles. The molecule has 1 heterocycles. The summed E-state index contributed by atoms with van der Waals surface area (Å²) in [7, 11) is 0. The van der Waals surface area contributed by atoms with Crippen LogP contribution in [0.2, 0.25) is 0 Å². The summed E-state index contributed by atoms with van der Waals surface area (Å²) in [6.45, 7) is 4.90. The van der Waals surface area contributed by atoms with Crippen LogP contribution in [0.25, 0.3) is 0 Å². The summed E-state index contributed by atoms with van der Waals surface area (Å²) in [5.74, 6) is 0. The van der Waals surface area contributed by atoms with Gasteiger partial charge in [0, 0.05) is 5.69 Å². The SMILES string of the molecule is Cc1n[nH]c(C)c1CCCCN. The topological polar surface area (TPSA) is 54.7 Å². The molecule has 3 N–H and O–H groups in total. The van der Waals surface area contributed by atoms with Crippen LogP contribution in [-0.4, -0.2) is 16.7 Å². The Labute approximate surface area is 73.4 Å². The fourth-order valence-corrected chi connectivity index (χ4v) is 1.39. The summed E-state index contributed by atoms with van der Waals surface area (Å²) in [6.07, 6.45) is 3.37. The third kappa shape index (κ3) is 2.08. The van der Waals surface area contributed by atoms with Crippen molar-refractivity contribution in [2.75, 3.05) is 6.54 Å². The van der Waals surface area contributed by atoms with Gasteiger partial charge in [-0.3, -0.25) is 5.10 Å². The van der Waals surface area contributed by atoms with Crippen LogP contribution >= 0.6 is 0 Å². The maximum absolute atomic E-state index is 5.42. The normalized spacial score (nSPS) is 10.6. The molecule has 3 heteroatoms. The third-order valence-electron chi connectivity index (χ3n) is 2.16. The van der Waals surface area contributed by atoms with Gasteiger partial charge in [0.1, 0.15) is 0 Å². The quantitative estimate of drug-likeness (QED) is 0.664. The smallest absolute Gasteiger partial charge is 0.0625 e. The van der Waals surface area contributed by atoms with Crippen molar-refractivity contribution in [3.8, 4) is 0 Å². The minimum absolute atomic E-state index is 0.788. The molecule has 0 saturated carbocycles. The number of nitrogens with one attached hydrogen (secondary N) is 1. The zero-order chi connectivity index (χ0) is 8.97. The van der Waals surface area contributed by atoms with E-state index in [-0.39, 0.29) is 0 Å². The van der Waals surface area contributed by atoms with Crippen molar-refractivity contribution >= 4 is 0 Å². The number of rotatable bonds is 4. The van der Waals surface area contributed by atoms with Crippen molar-refractivity contribution in [2.24, 2.45) is 5.73 Å². The number of hydrogen-bond acceptors (Lipinski definition) is 2. The van der Waals surface area contributed by atoms with Crippen molar-refractivity contribution in [1.82, 2.24) is 10.2 Å². The summed E-state index contributed by atoms with van der Waals surface area (Å²) < 4.78 is 0. The van der Waals surface area contributed by atoms with E-state index in [1.54, 1.807) is 0 Å². The lowest BCUT2D eigenvalue weighted by atomic mass is 10.1. The van der Waals surface area contributed by atoms with E-state index in [9.17, 15) is 0 Å². The van der Waals surface area contributed by atoms with Gasteiger partial charge in [-0.25, -0.2) is 0 Å². The molecule has 0 aromatic carbocycles. The van der Waals surface area contributed by atoms with E-state index >= 15 is 0 Å². The molecule has 1 rings (SSSR count). The Morgan fingerprint density at radius 3 is 2.58 bits per heavy atom. The maximum Gasteiger partial charge on any atom is 0.0625 e. The lowest BCUT2D eigenvalue weighted by Gasteiger charge is -1.99. The number of unbranched alkanes of at least 4 members (excludes halogenated alkanes) is 1. The molecule has 0 fully saturated rings. The van der Waals surface area contributed by atoms with Gasteiger partial charge in [-0.2, -0.15) is 5.10 Å². The maximum atomic E-state index is 5.42. The molecule has 0 aliphatic heterocycles. The first-order chi connectivity index (χ1) is 5.75. The molecule has 12 heavy (non-hydrogen) atoms. The molecular formula is C9H17N3. The average Bonchev–Trinajstić information content (AvgIpc) is 2.35. The van der Waals surface area contributed by atoms with Crippen molar-refractivity contribution in [1.29, 1.82) is 0 Å². The molecule has 1 aromatic heterocycles. The Morgan fingerprint density at radius 2 is 2.08 bits per heavy atom. The Bertz CT molecular complexity index is 220. The Kier molecular flexibility index (Phi) is 3.29. The first-order valence-electron chi connectivity index (χ1n) is 4.46. The van der Waals surface area contributed by atoms with Gasteiger partial charge in [-0.05, 0) is 45.2 Å². The van der Waals surface area contributed by atoms with Crippen LogP contribution in [-0.2, 0) is 6.42 Å². The molecule has 0 bridgehead atoms. The van der Waals surface area contributed by atoms with Crippen LogP contribution in [0.15, 0.2) is 0 Å². The summed E-state index contributed by atoms with van der Waals surface area (Å²) in [5.41, 5.74) is 9.11. The standard InChI is InChI=1S/C9H17N3/c1-7-9(5-3-4-6-10)8(2)12-11-7/h3-6,10H2,1-2H3,(H,11,12). The lowest BCUT2D eigenvalue weighted by molar-refractivity contribution is 0.740. The second kappa shape index (κ2) is 4.26. The Morgan fingerprint density at radius 1 is 1.33 bits per heavy atom. The van der Waals surface area contributed by atoms with Crippen LogP contribution in [0.5, 0.6) is 0 Å². The van der Waals surface area contributed by atoms with Crippen LogP contribution in [0, 0.1) is 13.8 Å². The molecule has 68 valence electrons. The summed E-state index contributed by atoms with van der Waals surface area (Å²) in [6, 6.07) is 0. The van der Waals surface area contributed by atoms with Gasteiger partial charge in [-0.15, -0.1) is 0 Å². The fourth-order valence-electron chi connectivity index (χ4n) is 1.39. The number of nitrogens with two attached hydrogens (primary N) is 1. The van der Waals surface area contributed by atoms with Crippen LogP contribution in [0.4, 0.5) is 0 Å². The Balaban J connectivity index is 2.50. The van der Waals surface area contributed by atoms with Crippen molar-refractivity contribution in [3.05, 3.63) is 17.0 Å². The van der Waals surface area contributed by atoms with Gasteiger partial charge in [0.15, 0.2) is 0 Å². The van der Waals surface area contributed by atoms with Crippen LogP contribution in [0.1, 0.15) is 29.8 Å². The number of aryl methyl sites for hydroxylation is 2. The largest absolute Gasteiger partial charge is 0.330 e. The van der Waals surface area contributed by atoms with Gasteiger partial charge in [0.2, 0.25) is 0 Å². The van der Waals surface area contributed by atoms with Gasteiger partial charge < -0.3 is 5.73 Å². The number of aromatic nitrogens is 2. The molecule has 0 unspecified atom stereocenters. The lowest BCUT2D eigenvalue weighted by Crippen LogP contribution is -1.99. The fraction of sp³-hybridized carbons (Fsp3) is 0.667. The Hall–Kier alpha value is -0.830. The van der Waals surface area contributed by atoms with Gasteiger partial charge in [0.05, 0.1) is 5.69 Å². The highest BCUT2D eigenvalue weighted by molar-refractivity contribution is 5.22. The highest BCUT2D eigenvalue weighted by Crippen LogP contribution is 2.12. The van der Waals surface area contributed by atoms with E-state index in [0.29, 0.717) is 0 Å². The summed E-state index contributed by atoms with van der Waals surface area (Å²) >= 11 is 0. The van der Waals surface area contributed by atoms with E-state index in [4.69, 9.17) is 5.73 Å². The van der Waals surface area contributed by atoms with Crippen molar-refractivity contribution in [3.63, 3.8) is 0 Å². The highest BCUT2D eigenvalue weighted by Gasteiger charge is 2.04. The predicted octanol–water partition coefficient (Wildman–Crippen LogP) is 1.31. The molecular weight excluding hydrogens is 150 g/mol. The average molecular weight is 167 g/mol. The minimum atomic E-state index is 0.788. The number of H-pyrrole nitrogens is 1. The molecule has 1 aromatic rings. The molecule has 0 aliphatic rings. The van der Waals surface area contributed by atoms with E-state index in [1.165, 1.54) is 11.3 Å². The van der Waals surface area contributed by atoms with Gasteiger partial charge >= 0.3 is 0 Å². The molecule has 0 aliphatic carbocycles. The van der Waals surface area contributed by atoms with Crippen molar-refractivity contribution in [2.45, 2.75) is 33.1 Å². The van der Waals surface area contributed by atoms with Crippen LogP contribution in [0.3, 0.4) is 0 Å². The van der Waals surface area contributed by atoms with E-state index in [0.717, 1.165) is 31.5 Å². The van der Waals surface area contributed by atoms with E-state index < -0.39 is 0 Å². The second-order valence-corrected chi connectivity index (χ2v) is 3.16. The van der Waals surface area contributed by atoms with Gasteiger partial charge in [-0.1, -0.05) is 0 Å². The molecule has 0 radical (unpaired) electrons. The molecule has 0 spiro atoms. The van der Waals surface area contributed by atoms with E-state index in [2.05, 4.69) is 17.1 Å². The van der Waals surface area contributed by atoms with E-state index in [1.807, 2.05) is 6.92 Å². The molecule has 3 nitrogen and oxygen atoms in total. The highest BCUT2D eigenvalue weighted by atomic mass is 15.1. The number of hydrogen-bond donors (Lipinski definition) is 2. The molecule has 0 atom stereocenters. The predicted molar refractivity (Wildman–Crippen MR) is 50.1 cm³/mol. The monoisotopic (exact) mass is 167 g/mol. The zero-order valence-corrected chi connectivity index (χ0v) is 7.85.